The minimum Gasteiger partial charge on any atom is -0.454 e. The second-order valence-electron chi connectivity index (χ2n) is 7.87. The van der Waals surface area contributed by atoms with Crippen LogP contribution in [0.5, 0.6) is 11.5 Å². The van der Waals surface area contributed by atoms with Gasteiger partial charge >= 0.3 is 0 Å². The van der Waals surface area contributed by atoms with Crippen molar-refractivity contribution < 1.29 is 14.3 Å². The van der Waals surface area contributed by atoms with Gasteiger partial charge in [-0.05, 0) is 59.5 Å². The van der Waals surface area contributed by atoms with E-state index < -0.39 is 0 Å². The molecular formula is C26H20N4O3S. The van der Waals surface area contributed by atoms with Gasteiger partial charge in [0.2, 0.25) is 6.79 Å². The van der Waals surface area contributed by atoms with Crippen LogP contribution in [0.3, 0.4) is 0 Å². The number of nitrogens with zero attached hydrogens (tertiary/aromatic N) is 3. The van der Waals surface area contributed by atoms with Crippen LogP contribution in [0.1, 0.15) is 16.1 Å². The number of hydrogen-bond donors (Lipinski definition) is 1. The van der Waals surface area contributed by atoms with E-state index in [1.54, 1.807) is 16.3 Å². The van der Waals surface area contributed by atoms with Crippen molar-refractivity contribution in [3.05, 3.63) is 84.1 Å². The number of rotatable bonds is 5. The highest BCUT2D eigenvalue weighted by atomic mass is 32.2. The molecule has 168 valence electrons. The number of imidazole rings is 1. The quantitative estimate of drug-likeness (QED) is 0.369. The van der Waals surface area contributed by atoms with Gasteiger partial charge in [0.25, 0.3) is 5.91 Å². The average Bonchev–Trinajstić information content (AvgIpc) is 3.50. The highest BCUT2D eigenvalue weighted by molar-refractivity contribution is 7.98. The zero-order valence-electron chi connectivity index (χ0n) is 18.3. The Morgan fingerprint density at radius 1 is 1.00 bits per heavy atom. The first-order chi connectivity index (χ1) is 16.7. The highest BCUT2D eigenvalue weighted by Gasteiger charge is 2.20. The lowest BCUT2D eigenvalue weighted by atomic mass is 10.1. The molecule has 0 unspecified atom stereocenters. The Morgan fingerprint density at radius 2 is 1.85 bits per heavy atom. The molecule has 0 saturated carbocycles. The van der Waals surface area contributed by atoms with E-state index in [4.69, 9.17) is 19.6 Å². The summed E-state index contributed by atoms with van der Waals surface area (Å²) in [5, 5.41) is 10.8. The van der Waals surface area contributed by atoms with Gasteiger partial charge in [-0.3, -0.25) is 4.79 Å². The molecule has 0 radical (unpaired) electrons. The summed E-state index contributed by atoms with van der Waals surface area (Å²) in [4.78, 5) is 17.9. The first-order valence-corrected chi connectivity index (χ1v) is 12.0. The minimum absolute atomic E-state index is 0.154. The van der Waals surface area contributed by atoms with Crippen LogP contribution in [-0.2, 0) is 6.54 Å². The third-order valence-electron chi connectivity index (χ3n) is 5.83. The maximum absolute atomic E-state index is 13.0. The molecule has 0 aliphatic carbocycles. The van der Waals surface area contributed by atoms with E-state index in [-0.39, 0.29) is 19.2 Å². The van der Waals surface area contributed by atoms with Crippen molar-refractivity contribution in [3.8, 4) is 22.8 Å². The Hall–Kier alpha value is -4.04. The number of carbonyl (C=O) groups excluding carboxylic acids is 1. The number of carbonyl (C=O) groups is 1. The molecule has 3 aromatic carbocycles. The van der Waals surface area contributed by atoms with Gasteiger partial charge in [0.05, 0.1) is 17.9 Å². The first kappa shape index (κ1) is 20.6. The molecular weight excluding hydrogens is 448 g/mol. The predicted octanol–water partition coefficient (Wildman–Crippen LogP) is 4.93. The van der Waals surface area contributed by atoms with E-state index >= 15 is 0 Å². The molecule has 0 atom stereocenters. The van der Waals surface area contributed by atoms with E-state index in [1.807, 2.05) is 79.1 Å². The normalized spacial score (nSPS) is 12.4. The summed E-state index contributed by atoms with van der Waals surface area (Å²) in [7, 11) is 0. The van der Waals surface area contributed by atoms with Crippen LogP contribution >= 0.6 is 11.8 Å². The molecule has 7 nitrogen and oxygen atoms in total. The van der Waals surface area contributed by atoms with Crippen LogP contribution in [0.15, 0.2) is 77.8 Å². The van der Waals surface area contributed by atoms with Crippen molar-refractivity contribution in [2.45, 2.75) is 11.6 Å². The molecule has 1 aliphatic heterocycles. The second-order valence-corrected chi connectivity index (χ2v) is 8.69. The molecule has 1 N–H and O–H groups in total. The zero-order chi connectivity index (χ0) is 23.1. The molecule has 5 aromatic rings. The summed E-state index contributed by atoms with van der Waals surface area (Å²) in [6, 6.07) is 23.3. The van der Waals surface area contributed by atoms with Crippen LogP contribution in [0.4, 0.5) is 0 Å². The van der Waals surface area contributed by atoms with Crippen molar-refractivity contribution in [1.82, 2.24) is 19.9 Å². The van der Waals surface area contributed by atoms with Crippen molar-refractivity contribution >= 4 is 34.1 Å². The van der Waals surface area contributed by atoms with Crippen LogP contribution < -0.4 is 14.8 Å². The molecule has 0 saturated heterocycles. The molecule has 1 aliphatic rings. The smallest absolute Gasteiger partial charge is 0.251 e. The van der Waals surface area contributed by atoms with E-state index in [2.05, 4.69) is 5.32 Å². The summed E-state index contributed by atoms with van der Waals surface area (Å²) in [6.07, 6.45) is 1.98. The predicted molar refractivity (Wildman–Crippen MR) is 131 cm³/mol. The largest absolute Gasteiger partial charge is 0.454 e. The van der Waals surface area contributed by atoms with E-state index in [9.17, 15) is 4.79 Å². The maximum Gasteiger partial charge on any atom is 0.251 e. The van der Waals surface area contributed by atoms with E-state index in [1.165, 1.54) is 0 Å². The van der Waals surface area contributed by atoms with Crippen LogP contribution in [0, 0.1) is 0 Å². The highest BCUT2D eigenvalue weighted by Crippen LogP contribution is 2.36. The summed E-state index contributed by atoms with van der Waals surface area (Å²) >= 11 is 1.55. The Labute approximate surface area is 199 Å². The minimum atomic E-state index is -0.154. The molecule has 34 heavy (non-hydrogen) atoms. The SMILES string of the molecule is CSc1ccc2nc(-c3ccc4c(c3)OCO4)c(CNC(=O)c3ccc4ccccc4c3)n2n1. The molecule has 0 spiro atoms. The summed E-state index contributed by atoms with van der Waals surface area (Å²) < 4.78 is 12.8. The molecule has 2 aromatic heterocycles. The van der Waals surface area contributed by atoms with Gasteiger partial charge < -0.3 is 14.8 Å². The standard InChI is InChI=1S/C26H20N4O3S/c1-34-24-11-10-23-28-25(18-8-9-21-22(13-18)33-15-32-21)20(30(23)29-24)14-27-26(31)19-7-6-16-4-2-3-5-17(16)12-19/h2-13H,14-15H2,1H3,(H,27,31). The van der Waals surface area contributed by atoms with Gasteiger partial charge in [0, 0.05) is 11.1 Å². The number of thioether (sulfide) groups is 1. The van der Waals surface area contributed by atoms with Gasteiger partial charge in [-0.15, -0.1) is 11.8 Å². The molecule has 0 bridgehead atoms. The zero-order valence-corrected chi connectivity index (χ0v) is 19.1. The molecule has 0 fully saturated rings. The Bertz CT molecular complexity index is 1560. The number of benzene rings is 3. The van der Waals surface area contributed by atoms with Crippen molar-refractivity contribution in [3.63, 3.8) is 0 Å². The van der Waals surface area contributed by atoms with Gasteiger partial charge in [-0.2, -0.15) is 5.10 Å². The maximum atomic E-state index is 13.0. The van der Waals surface area contributed by atoms with Gasteiger partial charge in [-0.1, -0.05) is 30.3 Å². The van der Waals surface area contributed by atoms with Gasteiger partial charge in [0.1, 0.15) is 5.03 Å². The number of fused-ring (bicyclic) bond motifs is 3. The number of ether oxygens (including phenoxy) is 2. The Kier molecular flexibility index (Phi) is 5.07. The van der Waals surface area contributed by atoms with Crippen molar-refractivity contribution in [1.29, 1.82) is 0 Å². The lowest BCUT2D eigenvalue weighted by Crippen LogP contribution is -2.24. The van der Waals surface area contributed by atoms with Crippen LogP contribution in [-0.4, -0.2) is 33.6 Å². The summed E-state index contributed by atoms with van der Waals surface area (Å²) in [5.41, 5.74) is 3.72. The molecule has 1 amide bonds. The number of amides is 1. The third kappa shape index (κ3) is 3.62. The Morgan fingerprint density at radius 3 is 2.74 bits per heavy atom. The molecule has 3 heterocycles. The summed E-state index contributed by atoms with van der Waals surface area (Å²) in [6.45, 7) is 0.471. The average molecular weight is 469 g/mol. The van der Waals surface area contributed by atoms with Gasteiger partial charge in [-0.25, -0.2) is 9.50 Å². The number of hydrogen-bond acceptors (Lipinski definition) is 6. The van der Waals surface area contributed by atoms with Crippen LogP contribution in [0.2, 0.25) is 0 Å². The van der Waals surface area contributed by atoms with Gasteiger partial charge in [0.15, 0.2) is 17.1 Å². The van der Waals surface area contributed by atoms with E-state index in [0.717, 1.165) is 32.7 Å². The van der Waals surface area contributed by atoms with Crippen molar-refractivity contribution in [2.24, 2.45) is 0 Å². The first-order valence-electron chi connectivity index (χ1n) is 10.8. The summed E-state index contributed by atoms with van der Waals surface area (Å²) in [5.74, 6) is 1.23. The van der Waals surface area contributed by atoms with Crippen LogP contribution in [0.25, 0.3) is 27.7 Å². The monoisotopic (exact) mass is 468 g/mol. The fourth-order valence-corrected chi connectivity index (χ4v) is 4.47. The second kappa shape index (κ2) is 8.39. The lowest BCUT2D eigenvalue weighted by molar-refractivity contribution is 0.0950. The van der Waals surface area contributed by atoms with Crippen molar-refractivity contribution in [2.75, 3.05) is 13.0 Å². The third-order valence-corrected chi connectivity index (χ3v) is 6.47. The number of aromatic nitrogens is 3. The Balaban J connectivity index is 1.37. The molecule has 6 rings (SSSR count). The fourth-order valence-electron chi connectivity index (χ4n) is 4.10. The van der Waals surface area contributed by atoms with E-state index in [0.29, 0.717) is 22.7 Å². The topological polar surface area (TPSA) is 77.8 Å². The number of nitrogens with one attached hydrogen (secondary N) is 1. The molecule has 8 heteroatoms. The fraction of sp³-hybridized carbons (Fsp3) is 0.115. The lowest BCUT2D eigenvalue weighted by Gasteiger charge is -2.09.